The predicted molar refractivity (Wildman–Crippen MR) is 57.0 cm³/mol. The van der Waals surface area contributed by atoms with E-state index in [0.717, 1.165) is 16.6 Å². The molecule has 3 heteroatoms. The average molecular weight is 242 g/mol. The van der Waals surface area contributed by atoms with Crippen molar-refractivity contribution in [3.05, 3.63) is 28.2 Å². The van der Waals surface area contributed by atoms with Crippen molar-refractivity contribution in [2.45, 2.75) is 18.9 Å². The van der Waals surface area contributed by atoms with Gasteiger partial charge in [0.1, 0.15) is 0 Å². The fraction of sp³-hybridized carbons (Fsp3) is 0.400. The van der Waals surface area contributed by atoms with Gasteiger partial charge < -0.3 is 10.4 Å². The highest BCUT2D eigenvalue weighted by molar-refractivity contribution is 9.10. The summed E-state index contributed by atoms with van der Waals surface area (Å²) in [7, 11) is 0. The van der Waals surface area contributed by atoms with Crippen LogP contribution in [0.5, 0.6) is 0 Å². The lowest BCUT2D eigenvalue weighted by molar-refractivity contribution is 0.0710. The molecule has 1 atom stereocenters. The van der Waals surface area contributed by atoms with Crippen molar-refractivity contribution in [1.29, 1.82) is 0 Å². The van der Waals surface area contributed by atoms with Crippen LogP contribution in [-0.4, -0.2) is 17.3 Å². The number of halogens is 1. The molecule has 0 aliphatic carbocycles. The molecule has 0 bridgehead atoms. The Morgan fingerprint density at radius 1 is 1.54 bits per heavy atom. The van der Waals surface area contributed by atoms with Crippen molar-refractivity contribution < 1.29 is 5.11 Å². The second kappa shape index (κ2) is 3.00. The molecule has 2 nitrogen and oxygen atoms in total. The maximum absolute atomic E-state index is 9.83. The van der Waals surface area contributed by atoms with E-state index in [-0.39, 0.29) is 0 Å². The highest BCUT2D eigenvalue weighted by Crippen LogP contribution is 2.29. The number of hydrogen-bond acceptors (Lipinski definition) is 2. The zero-order valence-electron chi connectivity index (χ0n) is 7.47. The van der Waals surface area contributed by atoms with Crippen LogP contribution >= 0.6 is 15.9 Å². The molecule has 0 amide bonds. The zero-order chi connectivity index (χ0) is 9.47. The number of benzene rings is 1. The van der Waals surface area contributed by atoms with Crippen molar-refractivity contribution in [2.24, 2.45) is 0 Å². The Morgan fingerprint density at radius 3 is 3.08 bits per heavy atom. The predicted octanol–water partition coefficient (Wildman–Crippen LogP) is 2.17. The molecule has 0 fully saturated rings. The highest BCUT2D eigenvalue weighted by Gasteiger charge is 2.26. The summed E-state index contributed by atoms with van der Waals surface area (Å²) >= 11 is 3.42. The first-order chi connectivity index (χ1) is 6.07. The first-order valence-electron chi connectivity index (χ1n) is 4.31. The summed E-state index contributed by atoms with van der Waals surface area (Å²) in [5, 5.41) is 13.0. The van der Waals surface area contributed by atoms with Gasteiger partial charge in [-0.2, -0.15) is 0 Å². The molecule has 0 spiro atoms. The van der Waals surface area contributed by atoms with Crippen molar-refractivity contribution >= 4 is 21.6 Å². The van der Waals surface area contributed by atoms with Crippen molar-refractivity contribution in [2.75, 3.05) is 11.9 Å². The summed E-state index contributed by atoms with van der Waals surface area (Å²) in [5.74, 6) is 0. The minimum absolute atomic E-state index is 0.617. The summed E-state index contributed by atoms with van der Waals surface area (Å²) in [4.78, 5) is 0. The van der Waals surface area contributed by atoms with Crippen molar-refractivity contribution in [3.63, 3.8) is 0 Å². The summed E-state index contributed by atoms with van der Waals surface area (Å²) in [6.07, 6.45) is 0.717. The zero-order valence-corrected chi connectivity index (χ0v) is 9.06. The van der Waals surface area contributed by atoms with Gasteiger partial charge in [0.05, 0.1) is 5.60 Å². The molecule has 0 saturated carbocycles. The van der Waals surface area contributed by atoms with Gasteiger partial charge in [-0.25, -0.2) is 0 Å². The molecule has 1 heterocycles. The van der Waals surface area contributed by atoms with E-state index in [1.165, 1.54) is 5.56 Å². The van der Waals surface area contributed by atoms with Crippen LogP contribution in [-0.2, 0) is 6.42 Å². The Kier molecular flexibility index (Phi) is 2.08. The molecular weight excluding hydrogens is 230 g/mol. The Bertz CT molecular complexity index is 336. The van der Waals surface area contributed by atoms with E-state index < -0.39 is 5.60 Å². The second-order valence-electron chi connectivity index (χ2n) is 3.83. The van der Waals surface area contributed by atoms with Crippen LogP contribution in [0.25, 0.3) is 0 Å². The van der Waals surface area contributed by atoms with E-state index in [1.54, 1.807) is 0 Å². The van der Waals surface area contributed by atoms with Crippen LogP contribution in [0.1, 0.15) is 12.5 Å². The monoisotopic (exact) mass is 241 g/mol. The molecule has 2 N–H and O–H groups in total. The number of nitrogens with one attached hydrogen (secondary N) is 1. The highest BCUT2D eigenvalue weighted by atomic mass is 79.9. The molecule has 1 unspecified atom stereocenters. The van der Waals surface area contributed by atoms with Gasteiger partial charge in [-0.15, -0.1) is 0 Å². The third-order valence-electron chi connectivity index (χ3n) is 2.30. The fourth-order valence-electron chi connectivity index (χ4n) is 1.64. The first-order valence-corrected chi connectivity index (χ1v) is 5.11. The van der Waals surface area contributed by atoms with E-state index in [4.69, 9.17) is 0 Å². The van der Waals surface area contributed by atoms with Crippen molar-refractivity contribution in [3.8, 4) is 0 Å². The molecular formula is C10H12BrNO. The van der Waals surface area contributed by atoms with Gasteiger partial charge in [0.2, 0.25) is 0 Å². The fourth-order valence-corrected chi connectivity index (χ4v) is 2.05. The van der Waals surface area contributed by atoms with Crippen molar-refractivity contribution in [1.82, 2.24) is 0 Å². The molecule has 1 aromatic carbocycles. The number of aliphatic hydroxyl groups is 1. The second-order valence-corrected chi connectivity index (χ2v) is 4.74. The molecule has 1 aromatic rings. The van der Waals surface area contributed by atoms with Gasteiger partial charge in [0.25, 0.3) is 0 Å². The molecule has 0 aromatic heterocycles. The average Bonchev–Trinajstić information content (AvgIpc) is 2.01. The SMILES string of the molecule is CC1(O)CNc2ccc(Br)cc2C1. The lowest BCUT2D eigenvalue weighted by Gasteiger charge is -2.31. The minimum Gasteiger partial charge on any atom is -0.388 e. The van der Waals surface area contributed by atoms with E-state index in [9.17, 15) is 5.11 Å². The topological polar surface area (TPSA) is 32.3 Å². The third kappa shape index (κ3) is 1.86. The van der Waals surface area contributed by atoms with Gasteiger partial charge in [0.15, 0.2) is 0 Å². The molecule has 13 heavy (non-hydrogen) atoms. The molecule has 1 aliphatic rings. The maximum Gasteiger partial charge on any atom is 0.0832 e. The number of fused-ring (bicyclic) bond motifs is 1. The van der Waals surface area contributed by atoms with E-state index in [1.807, 2.05) is 19.1 Å². The number of β-amino-alcohol motifs (C(OH)–C–C–N with tert-alkyl or cyclic N) is 1. The van der Waals surface area contributed by atoms with E-state index in [2.05, 4.69) is 27.3 Å². The molecule has 1 aliphatic heterocycles. The minimum atomic E-state index is -0.617. The Balaban J connectivity index is 2.38. The van der Waals surface area contributed by atoms with E-state index >= 15 is 0 Å². The number of anilines is 1. The third-order valence-corrected chi connectivity index (χ3v) is 2.79. The quantitative estimate of drug-likeness (QED) is 0.730. The maximum atomic E-state index is 9.83. The smallest absolute Gasteiger partial charge is 0.0832 e. The summed E-state index contributed by atoms with van der Waals surface area (Å²) in [6, 6.07) is 6.09. The van der Waals surface area contributed by atoms with Crippen LogP contribution in [0, 0.1) is 0 Å². The molecule has 2 rings (SSSR count). The van der Waals surface area contributed by atoms with Crippen LogP contribution in [0.15, 0.2) is 22.7 Å². The Hall–Kier alpha value is -0.540. The summed E-state index contributed by atoms with van der Waals surface area (Å²) in [5.41, 5.74) is 1.69. The van der Waals surface area contributed by atoms with Crippen LogP contribution in [0.3, 0.4) is 0 Å². The largest absolute Gasteiger partial charge is 0.388 e. The lowest BCUT2D eigenvalue weighted by atomic mass is 9.92. The first kappa shape index (κ1) is 9.03. The normalized spacial score (nSPS) is 26.4. The summed E-state index contributed by atoms with van der Waals surface area (Å²) < 4.78 is 1.06. The van der Waals surface area contributed by atoms with Crippen LogP contribution < -0.4 is 5.32 Å². The number of rotatable bonds is 0. The Morgan fingerprint density at radius 2 is 2.31 bits per heavy atom. The standard InChI is InChI=1S/C10H12BrNO/c1-10(13)5-7-4-8(11)2-3-9(7)12-6-10/h2-4,12-13H,5-6H2,1H3. The lowest BCUT2D eigenvalue weighted by Crippen LogP contribution is -2.39. The van der Waals surface area contributed by atoms with Gasteiger partial charge in [-0.3, -0.25) is 0 Å². The number of hydrogen-bond donors (Lipinski definition) is 2. The Labute approximate surface area is 86.1 Å². The van der Waals surface area contributed by atoms with Gasteiger partial charge in [-0.1, -0.05) is 15.9 Å². The van der Waals surface area contributed by atoms with Crippen LogP contribution in [0.4, 0.5) is 5.69 Å². The van der Waals surface area contributed by atoms with Gasteiger partial charge in [0, 0.05) is 23.1 Å². The molecule has 0 radical (unpaired) electrons. The summed E-state index contributed by atoms with van der Waals surface area (Å²) in [6.45, 7) is 2.48. The molecule has 0 saturated heterocycles. The van der Waals surface area contributed by atoms with Gasteiger partial charge in [-0.05, 0) is 30.7 Å². The van der Waals surface area contributed by atoms with Crippen LogP contribution in [0.2, 0.25) is 0 Å². The van der Waals surface area contributed by atoms with E-state index in [0.29, 0.717) is 6.54 Å². The molecule has 70 valence electrons. The van der Waals surface area contributed by atoms with Gasteiger partial charge >= 0.3 is 0 Å².